The molecule has 3 heteroatoms. The van der Waals surface area contributed by atoms with E-state index in [0.29, 0.717) is 24.8 Å². The predicted molar refractivity (Wildman–Crippen MR) is 102 cm³/mol. The summed E-state index contributed by atoms with van der Waals surface area (Å²) in [4.78, 5) is 15.0. The zero-order valence-electron chi connectivity index (χ0n) is 15.8. The fourth-order valence-electron chi connectivity index (χ4n) is 4.52. The van der Waals surface area contributed by atoms with Crippen LogP contribution in [0.25, 0.3) is 0 Å². The summed E-state index contributed by atoms with van der Waals surface area (Å²) in [6, 6.07) is 8.16. The van der Waals surface area contributed by atoms with Gasteiger partial charge in [-0.25, -0.2) is 0 Å². The van der Waals surface area contributed by atoms with Crippen LogP contribution in [0.5, 0.6) is 5.75 Å². The minimum atomic E-state index is 0.0181. The highest BCUT2D eigenvalue weighted by Crippen LogP contribution is 2.36. The van der Waals surface area contributed by atoms with Gasteiger partial charge in [-0.1, -0.05) is 37.3 Å². The van der Waals surface area contributed by atoms with Gasteiger partial charge in [0, 0.05) is 12.0 Å². The smallest absolute Gasteiger partial charge is 0.223 e. The largest absolute Gasteiger partial charge is 0.489 e. The van der Waals surface area contributed by atoms with Crippen LogP contribution in [0.1, 0.15) is 64.5 Å². The second-order valence-electron chi connectivity index (χ2n) is 8.09. The Morgan fingerprint density at radius 2 is 2.00 bits per heavy atom. The highest BCUT2D eigenvalue weighted by Gasteiger charge is 2.30. The maximum Gasteiger partial charge on any atom is 0.223 e. The topological polar surface area (TPSA) is 29.5 Å². The molecule has 1 aromatic carbocycles. The Balaban J connectivity index is 1.66. The zero-order valence-corrected chi connectivity index (χ0v) is 15.8. The van der Waals surface area contributed by atoms with Gasteiger partial charge in [-0.3, -0.25) is 4.79 Å². The third-order valence-electron chi connectivity index (χ3n) is 5.66. The lowest BCUT2D eigenvalue weighted by Gasteiger charge is -2.31. The van der Waals surface area contributed by atoms with E-state index < -0.39 is 0 Å². The molecule has 0 aromatic heterocycles. The SMILES string of the molecule is C=C1CC(C)CC(CCC(=O)N2C[C@H](C)Oc3ccccc3C2C)C1. The van der Waals surface area contributed by atoms with Gasteiger partial charge in [-0.2, -0.15) is 0 Å². The van der Waals surface area contributed by atoms with Crippen molar-refractivity contribution in [1.82, 2.24) is 4.90 Å². The van der Waals surface area contributed by atoms with Crippen molar-refractivity contribution in [1.29, 1.82) is 0 Å². The van der Waals surface area contributed by atoms with Crippen LogP contribution < -0.4 is 4.74 Å². The van der Waals surface area contributed by atoms with E-state index in [-0.39, 0.29) is 18.1 Å². The summed E-state index contributed by atoms with van der Waals surface area (Å²) < 4.78 is 6.02. The number of rotatable bonds is 3. The Bertz CT molecular complexity index is 639. The lowest BCUT2D eigenvalue weighted by atomic mass is 9.78. The predicted octanol–water partition coefficient (Wildman–Crippen LogP) is 5.13. The lowest BCUT2D eigenvalue weighted by Crippen LogP contribution is -2.38. The number of fused-ring (bicyclic) bond motifs is 1. The molecule has 1 saturated carbocycles. The molecule has 1 aromatic rings. The maximum absolute atomic E-state index is 13.0. The second-order valence-corrected chi connectivity index (χ2v) is 8.09. The van der Waals surface area contributed by atoms with Crippen LogP contribution in [-0.2, 0) is 4.79 Å². The number of para-hydroxylation sites is 1. The van der Waals surface area contributed by atoms with Gasteiger partial charge in [0.1, 0.15) is 11.9 Å². The Kier molecular flexibility index (Phi) is 5.51. The standard InChI is InChI=1S/C22H31NO2/c1-15-11-16(2)13-19(12-15)9-10-22(24)23-14-17(3)25-21-8-6-5-7-20(21)18(23)4/h5-8,16-19H,1,9-14H2,2-4H3/t16?,17-,18?,19?/m0/s1. The summed E-state index contributed by atoms with van der Waals surface area (Å²) in [5, 5.41) is 0. The number of hydrogen-bond donors (Lipinski definition) is 0. The van der Waals surface area contributed by atoms with Crippen LogP contribution in [0, 0.1) is 11.8 Å². The Labute approximate surface area is 152 Å². The van der Waals surface area contributed by atoms with Crippen molar-refractivity contribution in [2.75, 3.05) is 6.54 Å². The van der Waals surface area contributed by atoms with Crippen LogP contribution in [0.2, 0.25) is 0 Å². The number of benzene rings is 1. The fraction of sp³-hybridized carbons (Fsp3) is 0.591. The zero-order chi connectivity index (χ0) is 18.0. The van der Waals surface area contributed by atoms with Crippen LogP contribution in [0.15, 0.2) is 36.4 Å². The number of ether oxygens (including phenoxy) is 1. The average Bonchev–Trinajstić information content (AvgIpc) is 2.68. The Morgan fingerprint density at radius 1 is 1.24 bits per heavy atom. The molecule has 0 spiro atoms. The van der Waals surface area contributed by atoms with Gasteiger partial charge in [-0.05, 0) is 57.4 Å². The number of allylic oxidation sites excluding steroid dienone is 1. The minimum Gasteiger partial charge on any atom is -0.489 e. The maximum atomic E-state index is 13.0. The van der Waals surface area contributed by atoms with Crippen molar-refractivity contribution in [3.63, 3.8) is 0 Å². The van der Waals surface area contributed by atoms with E-state index in [1.54, 1.807) is 0 Å². The second kappa shape index (κ2) is 7.63. The first-order valence-corrected chi connectivity index (χ1v) is 9.65. The average molecular weight is 341 g/mol. The van der Waals surface area contributed by atoms with Crippen LogP contribution in [-0.4, -0.2) is 23.5 Å². The Morgan fingerprint density at radius 3 is 2.76 bits per heavy atom. The molecular formula is C22H31NO2. The van der Waals surface area contributed by atoms with Gasteiger partial charge in [0.2, 0.25) is 5.91 Å². The minimum absolute atomic E-state index is 0.0181. The van der Waals surface area contributed by atoms with Gasteiger partial charge in [0.25, 0.3) is 0 Å². The molecule has 4 atom stereocenters. The van der Waals surface area contributed by atoms with E-state index in [1.807, 2.05) is 30.0 Å². The Hall–Kier alpha value is -1.77. The third kappa shape index (κ3) is 4.26. The first-order valence-electron chi connectivity index (χ1n) is 9.65. The quantitative estimate of drug-likeness (QED) is 0.713. The van der Waals surface area contributed by atoms with E-state index in [1.165, 1.54) is 12.0 Å². The molecule has 0 radical (unpaired) electrons. The molecule has 2 aliphatic rings. The number of carbonyl (C=O) groups excluding carboxylic acids is 1. The molecule has 1 aliphatic carbocycles. The van der Waals surface area contributed by atoms with E-state index >= 15 is 0 Å². The van der Waals surface area contributed by atoms with Gasteiger partial charge >= 0.3 is 0 Å². The highest BCUT2D eigenvalue weighted by atomic mass is 16.5. The van der Waals surface area contributed by atoms with Gasteiger partial charge < -0.3 is 9.64 Å². The molecule has 0 N–H and O–H groups in total. The molecule has 1 aliphatic heterocycles. The van der Waals surface area contributed by atoms with Crippen molar-refractivity contribution >= 4 is 5.91 Å². The van der Waals surface area contributed by atoms with Crippen LogP contribution in [0.4, 0.5) is 0 Å². The van der Waals surface area contributed by atoms with Crippen molar-refractivity contribution in [2.24, 2.45) is 11.8 Å². The van der Waals surface area contributed by atoms with E-state index in [0.717, 1.165) is 30.6 Å². The van der Waals surface area contributed by atoms with Crippen molar-refractivity contribution in [3.8, 4) is 5.75 Å². The number of nitrogens with zero attached hydrogens (tertiary/aromatic N) is 1. The summed E-state index contributed by atoms with van der Waals surface area (Å²) in [6.07, 6.45) is 5.09. The van der Waals surface area contributed by atoms with E-state index in [2.05, 4.69) is 26.5 Å². The van der Waals surface area contributed by atoms with Crippen LogP contribution >= 0.6 is 0 Å². The molecule has 1 amide bonds. The summed E-state index contributed by atoms with van der Waals surface area (Å²) in [6.45, 7) is 11.3. The molecule has 1 fully saturated rings. The summed E-state index contributed by atoms with van der Waals surface area (Å²) in [7, 11) is 0. The van der Waals surface area contributed by atoms with Gasteiger partial charge in [-0.15, -0.1) is 0 Å². The number of hydrogen-bond acceptors (Lipinski definition) is 2. The molecule has 0 bridgehead atoms. The van der Waals surface area contributed by atoms with Crippen molar-refractivity contribution in [3.05, 3.63) is 42.0 Å². The van der Waals surface area contributed by atoms with E-state index in [9.17, 15) is 4.79 Å². The number of carbonyl (C=O) groups is 1. The third-order valence-corrected chi connectivity index (χ3v) is 5.66. The summed E-state index contributed by atoms with van der Waals surface area (Å²) in [5.74, 6) is 2.49. The normalized spacial score (nSPS) is 29.6. The van der Waals surface area contributed by atoms with Crippen molar-refractivity contribution < 1.29 is 9.53 Å². The first kappa shape index (κ1) is 18.0. The molecule has 3 nitrogen and oxygen atoms in total. The van der Waals surface area contributed by atoms with Crippen molar-refractivity contribution in [2.45, 2.75) is 65.0 Å². The molecule has 3 unspecified atom stereocenters. The fourth-order valence-corrected chi connectivity index (χ4v) is 4.52. The molecule has 1 heterocycles. The summed E-state index contributed by atoms with van der Waals surface area (Å²) >= 11 is 0. The molecule has 25 heavy (non-hydrogen) atoms. The monoisotopic (exact) mass is 341 g/mol. The number of amides is 1. The summed E-state index contributed by atoms with van der Waals surface area (Å²) in [5.41, 5.74) is 2.47. The molecule has 0 saturated heterocycles. The highest BCUT2D eigenvalue weighted by molar-refractivity contribution is 5.77. The van der Waals surface area contributed by atoms with Gasteiger partial charge in [0.15, 0.2) is 0 Å². The van der Waals surface area contributed by atoms with E-state index in [4.69, 9.17) is 4.74 Å². The van der Waals surface area contributed by atoms with Gasteiger partial charge in [0.05, 0.1) is 12.6 Å². The molecule has 3 rings (SSSR count). The molecular weight excluding hydrogens is 310 g/mol. The lowest BCUT2D eigenvalue weighted by molar-refractivity contribution is -0.134. The first-order chi connectivity index (χ1) is 11.9. The molecule has 136 valence electrons. The van der Waals surface area contributed by atoms with Crippen LogP contribution in [0.3, 0.4) is 0 Å².